The Bertz CT molecular complexity index is 694. The molecule has 1 heterocycles. The number of hydrogen-bond donors (Lipinski definition) is 2. The van der Waals surface area contributed by atoms with Gasteiger partial charge >= 0.3 is 0 Å². The van der Waals surface area contributed by atoms with Crippen molar-refractivity contribution >= 4 is 28.7 Å². The molecule has 132 valence electrons. The molecule has 1 atom stereocenters. The number of rotatable bonds is 4. The van der Waals surface area contributed by atoms with Crippen molar-refractivity contribution < 1.29 is 4.39 Å². The minimum absolute atomic E-state index is 0.0934. The molecule has 0 aromatic heterocycles. The van der Waals surface area contributed by atoms with Crippen LogP contribution in [0, 0.1) is 5.82 Å². The van der Waals surface area contributed by atoms with Crippen LogP contribution in [0.25, 0.3) is 0 Å². The van der Waals surface area contributed by atoms with Gasteiger partial charge in [-0.2, -0.15) is 0 Å². The zero-order valence-corrected chi connectivity index (χ0v) is 15.3. The molecule has 0 bridgehead atoms. The third-order valence-corrected chi connectivity index (χ3v) is 4.78. The highest BCUT2D eigenvalue weighted by Gasteiger charge is 2.12. The summed E-state index contributed by atoms with van der Waals surface area (Å²) in [5.41, 5.74) is 3.25. The molecule has 2 aromatic carbocycles. The average Bonchev–Trinajstić information content (AvgIpc) is 2.64. The first-order chi connectivity index (χ1) is 12.1. The average molecular weight is 357 g/mol. The first kappa shape index (κ1) is 17.7. The molecule has 1 unspecified atom stereocenters. The number of benzene rings is 2. The molecule has 0 amide bonds. The van der Waals surface area contributed by atoms with Crippen molar-refractivity contribution in [2.24, 2.45) is 0 Å². The summed E-state index contributed by atoms with van der Waals surface area (Å²) in [6, 6.07) is 14.9. The maximum absolute atomic E-state index is 12.9. The Balaban J connectivity index is 1.55. The molecule has 0 spiro atoms. The van der Waals surface area contributed by atoms with Gasteiger partial charge in [0, 0.05) is 24.5 Å². The maximum Gasteiger partial charge on any atom is 0.171 e. The van der Waals surface area contributed by atoms with Gasteiger partial charge in [-0.1, -0.05) is 12.1 Å². The number of hydrogen-bond acceptors (Lipinski definition) is 2. The Morgan fingerprint density at radius 2 is 1.64 bits per heavy atom. The van der Waals surface area contributed by atoms with Crippen molar-refractivity contribution in [3.63, 3.8) is 0 Å². The fourth-order valence-electron chi connectivity index (χ4n) is 3.11. The van der Waals surface area contributed by atoms with Gasteiger partial charge in [0.25, 0.3) is 0 Å². The summed E-state index contributed by atoms with van der Waals surface area (Å²) >= 11 is 5.35. The number of nitrogens with one attached hydrogen (secondary N) is 2. The zero-order valence-electron chi connectivity index (χ0n) is 14.5. The third kappa shape index (κ3) is 4.92. The summed E-state index contributed by atoms with van der Waals surface area (Å²) in [7, 11) is 0. The van der Waals surface area contributed by atoms with Crippen molar-refractivity contribution in [2.75, 3.05) is 23.3 Å². The Labute approximate surface area is 154 Å². The Kier molecular flexibility index (Phi) is 5.87. The Morgan fingerprint density at radius 3 is 2.28 bits per heavy atom. The highest BCUT2D eigenvalue weighted by Crippen LogP contribution is 2.22. The van der Waals surface area contributed by atoms with Gasteiger partial charge in [0.2, 0.25) is 0 Å². The zero-order chi connectivity index (χ0) is 17.6. The molecule has 3 rings (SSSR count). The van der Waals surface area contributed by atoms with E-state index in [1.54, 1.807) is 12.1 Å². The van der Waals surface area contributed by atoms with Crippen LogP contribution in [0.3, 0.4) is 0 Å². The van der Waals surface area contributed by atoms with Crippen molar-refractivity contribution in [3.8, 4) is 0 Å². The molecule has 0 saturated carbocycles. The monoisotopic (exact) mass is 357 g/mol. The summed E-state index contributed by atoms with van der Waals surface area (Å²) < 4.78 is 12.9. The first-order valence-corrected chi connectivity index (χ1v) is 9.20. The molecular formula is C20H24FN3S. The van der Waals surface area contributed by atoms with E-state index in [0.717, 1.165) is 18.8 Å². The summed E-state index contributed by atoms with van der Waals surface area (Å²) in [6.45, 7) is 4.38. The van der Waals surface area contributed by atoms with Gasteiger partial charge in [-0.15, -0.1) is 0 Å². The molecule has 0 aliphatic carbocycles. The quantitative estimate of drug-likeness (QED) is 0.764. The molecule has 2 N–H and O–H groups in total. The second kappa shape index (κ2) is 8.30. The summed E-state index contributed by atoms with van der Waals surface area (Å²) in [5, 5.41) is 6.88. The minimum Gasteiger partial charge on any atom is -0.372 e. The maximum atomic E-state index is 12.9. The minimum atomic E-state index is -0.258. The third-order valence-electron chi connectivity index (χ3n) is 4.56. The number of anilines is 2. The molecule has 2 aromatic rings. The van der Waals surface area contributed by atoms with Gasteiger partial charge in [-0.25, -0.2) is 4.39 Å². The Morgan fingerprint density at radius 1 is 1.00 bits per heavy atom. The first-order valence-electron chi connectivity index (χ1n) is 8.80. The van der Waals surface area contributed by atoms with E-state index in [1.807, 2.05) is 0 Å². The van der Waals surface area contributed by atoms with Crippen molar-refractivity contribution in [3.05, 3.63) is 59.9 Å². The van der Waals surface area contributed by atoms with Gasteiger partial charge in [0.15, 0.2) is 5.11 Å². The SMILES string of the molecule is CC(NC(=S)Nc1ccc(F)cc1)c1ccc(N2CCCCC2)cc1. The molecular weight excluding hydrogens is 333 g/mol. The van der Waals surface area contributed by atoms with E-state index in [2.05, 4.69) is 46.7 Å². The fourth-order valence-corrected chi connectivity index (χ4v) is 3.40. The van der Waals surface area contributed by atoms with E-state index in [-0.39, 0.29) is 11.9 Å². The van der Waals surface area contributed by atoms with Gasteiger partial charge < -0.3 is 15.5 Å². The molecule has 25 heavy (non-hydrogen) atoms. The summed E-state index contributed by atoms with van der Waals surface area (Å²) in [6.07, 6.45) is 3.90. The molecule has 1 saturated heterocycles. The van der Waals surface area contributed by atoms with Crippen LogP contribution in [0.2, 0.25) is 0 Å². The van der Waals surface area contributed by atoms with Crippen molar-refractivity contribution in [1.29, 1.82) is 0 Å². The van der Waals surface area contributed by atoms with E-state index < -0.39 is 0 Å². The standard InChI is InChI=1S/C20H24FN3S/c1-15(22-20(25)23-18-9-7-17(21)8-10-18)16-5-11-19(12-6-16)24-13-3-2-4-14-24/h5-12,15H,2-4,13-14H2,1H3,(H2,22,23,25). The van der Waals surface area contributed by atoms with Crippen LogP contribution >= 0.6 is 12.2 Å². The van der Waals surface area contributed by atoms with Gasteiger partial charge in [-0.3, -0.25) is 0 Å². The van der Waals surface area contributed by atoms with E-state index in [1.165, 1.54) is 42.6 Å². The van der Waals surface area contributed by atoms with Crippen LogP contribution in [0.15, 0.2) is 48.5 Å². The van der Waals surface area contributed by atoms with E-state index in [4.69, 9.17) is 12.2 Å². The lowest BCUT2D eigenvalue weighted by Gasteiger charge is -2.29. The van der Waals surface area contributed by atoms with Gasteiger partial charge in [0.1, 0.15) is 5.82 Å². The highest BCUT2D eigenvalue weighted by molar-refractivity contribution is 7.80. The number of halogens is 1. The number of nitrogens with zero attached hydrogens (tertiary/aromatic N) is 1. The lowest BCUT2D eigenvalue weighted by molar-refractivity contribution is 0.577. The van der Waals surface area contributed by atoms with Gasteiger partial charge in [0.05, 0.1) is 6.04 Å². The molecule has 1 aliphatic heterocycles. The van der Waals surface area contributed by atoms with Crippen molar-refractivity contribution in [1.82, 2.24) is 5.32 Å². The van der Waals surface area contributed by atoms with Gasteiger partial charge in [-0.05, 0) is 80.4 Å². The second-order valence-electron chi connectivity index (χ2n) is 6.47. The van der Waals surface area contributed by atoms with Crippen LogP contribution < -0.4 is 15.5 Å². The molecule has 1 fully saturated rings. The highest BCUT2D eigenvalue weighted by atomic mass is 32.1. The lowest BCUT2D eigenvalue weighted by Crippen LogP contribution is -2.31. The molecule has 1 aliphatic rings. The topological polar surface area (TPSA) is 27.3 Å². The smallest absolute Gasteiger partial charge is 0.171 e. The van der Waals surface area contributed by atoms with E-state index >= 15 is 0 Å². The van der Waals surface area contributed by atoms with Crippen LogP contribution in [-0.2, 0) is 0 Å². The molecule has 3 nitrogen and oxygen atoms in total. The second-order valence-corrected chi connectivity index (χ2v) is 6.87. The number of piperidine rings is 1. The predicted molar refractivity (Wildman–Crippen MR) is 107 cm³/mol. The normalized spacial score (nSPS) is 15.5. The van der Waals surface area contributed by atoms with Crippen LogP contribution in [-0.4, -0.2) is 18.2 Å². The molecule has 5 heteroatoms. The van der Waals surface area contributed by atoms with E-state index in [9.17, 15) is 4.39 Å². The van der Waals surface area contributed by atoms with E-state index in [0.29, 0.717) is 5.11 Å². The predicted octanol–water partition coefficient (Wildman–Crippen LogP) is 4.86. The van der Waals surface area contributed by atoms with Crippen LogP contribution in [0.1, 0.15) is 37.8 Å². The largest absolute Gasteiger partial charge is 0.372 e. The lowest BCUT2D eigenvalue weighted by atomic mass is 10.1. The number of thiocarbonyl (C=S) groups is 1. The van der Waals surface area contributed by atoms with Crippen LogP contribution in [0.4, 0.5) is 15.8 Å². The fraction of sp³-hybridized carbons (Fsp3) is 0.350. The molecule has 0 radical (unpaired) electrons. The van der Waals surface area contributed by atoms with Crippen molar-refractivity contribution in [2.45, 2.75) is 32.2 Å². The van der Waals surface area contributed by atoms with Crippen LogP contribution in [0.5, 0.6) is 0 Å². The summed E-state index contributed by atoms with van der Waals surface area (Å²) in [5.74, 6) is -0.258. The summed E-state index contributed by atoms with van der Waals surface area (Å²) in [4.78, 5) is 2.45. The Hall–Kier alpha value is -2.14.